The van der Waals surface area contributed by atoms with E-state index in [2.05, 4.69) is 6.07 Å². The fourth-order valence-corrected chi connectivity index (χ4v) is 2.56. The normalized spacial score (nSPS) is 10.1. The molecule has 0 N–H and O–H groups in total. The lowest BCUT2D eigenvalue weighted by Gasteiger charge is -2.17. The van der Waals surface area contributed by atoms with Crippen molar-refractivity contribution in [2.75, 3.05) is 7.05 Å². The van der Waals surface area contributed by atoms with Crippen LogP contribution in [0.4, 0.5) is 4.39 Å². The van der Waals surface area contributed by atoms with Gasteiger partial charge in [-0.15, -0.1) is 0 Å². The number of ether oxygens (including phenoxy) is 1. The van der Waals surface area contributed by atoms with Crippen molar-refractivity contribution in [1.82, 2.24) is 4.90 Å². The number of nitrogens with zero attached hydrogens (tertiary/aromatic N) is 2. The molecule has 0 spiro atoms. The molecule has 0 bridgehead atoms. The largest absolute Gasteiger partial charge is 0.457 e. The molecule has 0 radical (unpaired) electrons. The number of hydrogen-bond donors (Lipinski definition) is 0. The lowest BCUT2D eigenvalue weighted by molar-refractivity contribution is 0.0785. The van der Waals surface area contributed by atoms with Gasteiger partial charge >= 0.3 is 0 Å². The summed E-state index contributed by atoms with van der Waals surface area (Å²) in [6.07, 6.45) is 0. The van der Waals surface area contributed by atoms with Crippen molar-refractivity contribution in [3.05, 3.63) is 95.3 Å². The predicted octanol–water partition coefficient (Wildman–Crippen LogP) is 4.76. The number of rotatable bonds is 5. The van der Waals surface area contributed by atoms with Crippen molar-refractivity contribution in [3.63, 3.8) is 0 Å². The first kappa shape index (κ1) is 18.2. The summed E-state index contributed by atoms with van der Waals surface area (Å²) in [5, 5.41) is 8.83. The summed E-state index contributed by atoms with van der Waals surface area (Å²) >= 11 is 0. The molecular formula is C22H17FN2O2. The number of amides is 1. The first-order valence-corrected chi connectivity index (χ1v) is 8.33. The van der Waals surface area contributed by atoms with E-state index >= 15 is 0 Å². The van der Waals surface area contributed by atoms with E-state index in [1.807, 2.05) is 12.1 Å². The van der Waals surface area contributed by atoms with Crippen LogP contribution < -0.4 is 4.74 Å². The van der Waals surface area contributed by atoms with Crippen molar-refractivity contribution in [2.24, 2.45) is 0 Å². The van der Waals surface area contributed by atoms with Gasteiger partial charge in [-0.25, -0.2) is 4.39 Å². The Labute approximate surface area is 157 Å². The van der Waals surface area contributed by atoms with Crippen molar-refractivity contribution < 1.29 is 13.9 Å². The Kier molecular flexibility index (Phi) is 5.48. The minimum atomic E-state index is -0.325. The highest BCUT2D eigenvalue weighted by Crippen LogP contribution is 2.22. The smallest absolute Gasteiger partial charge is 0.253 e. The van der Waals surface area contributed by atoms with Gasteiger partial charge in [-0.1, -0.05) is 12.1 Å². The number of nitriles is 1. The van der Waals surface area contributed by atoms with E-state index in [1.54, 1.807) is 60.5 Å². The van der Waals surface area contributed by atoms with Crippen LogP contribution in [0.3, 0.4) is 0 Å². The maximum atomic E-state index is 12.9. The number of carbonyl (C=O) groups is 1. The van der Waals surface area contributed by atoms with E-state index in [0.29, 0.717) is 29.2 Å². The van der Waals surface area contributed by atoms with Crippen LogP contribution in [0.1, 0.15) is 21.5 Å². The lowest BCUT2D eigenvalue weighted by Crippen LogP contribution is -2.26. The standard InChI is InChI=1S/C22H17FN2O2/c1-25(15-17-4-2-16(14-24)3-5-17)22(26)18-6-10-20(11-7-18)27-21-12-8-19(23)9-13-21/h2-13H,15H2,1H3. The Bertz CT molecular complexity index is 959. The van der Waals surface area contributed by atoms with E-state index in [0.717, 1.165) is 5.56 Å². The highest BCUT2D eigenvalue weighted by atomic mass is 19.1. The number of carbonyl (C=O) groups excluding carboxylic acids is 1. The molecule has 0 saturated carbocycles. The summed E-state index contributed by atoms with van der Waals surface area (Å²) in [7, 11) is 1.73. The zero-order chi connectivity index (χ0) is 19.2. The fraction of sp³-hybridized carbons (Fsp3) is 0.0909. The predicted molar refractivity (Wildman–Crippen MR) is 99.9 cm³/mol. The van der Waals surface area contributed by atoms with Gasteiger partial charge in [0.05, 0.1) is 11.6 Å². The zero-order valence-electron chi connectivity index (χ0n) is 14.7. The van der Waals surface area contributed by atoms with Crippen molar-refractivity contribution in [1.29, 1.82) is 5.26 Å². The second-order valence-corrected chi connectivity index (χ2v) is 6.05. The third kappa shape index (κ3) is 4.71. The summed E-state index contributed by atoms with van der Waals surface area (Å²) in [5.74, 6) is 0.641. The quantitative estimate of drug-likeness (QED) is 0.659. The number of hydrogen-bond acceptors (Lipinski definition) is 3. The maximum Gasteiger partial charge on any atom is 0.253 e. The van der Waals surface area contributed by atoms with Crippen LogP contribution in [0.25, 0.3) is 0 Å². The van der Waals surface area contributed by atoms with E-state index in [1.165, 1.54) is 12.1 Å². The fourth-order valence-electron chi connectivity index (χ4n) is 2.56. The molecule has 0 aromatic heterocycles. The highest BCUT2D eigenvalue weighted by Gasteiger charge is 2.12. The lowest BCUT2D eigenvalue weighted by atomic mass is 10.1. The summed E-state index contributed by atoms with van der Waals surface area (Å²) in [5.41, 5.74) is 2.07. The van der Waals surface area contributed by atoms with Crippen LogP contribution in [0.5, 0.6) is 11.5 Å². The Morgan fingerprint density at radius 1 is 0.963 bits per heavy atom. The molecule has 1 amide bonds. The average Bonchev–Trinajstić information content (AvgIpc) is 2.70. The van der Waals surface area contributed by atoms with E-state index in [4.69, 9.17) is 10.00 Å². The third-order valence-corrected chi connectivity index (χ3v) is 4.00. The Morgan fingerprint density at radius 2 is 1.52 bits per heavy atom. The van der Waals surface area contributed by atoms with Gasteiger partial charge in [0, 0.05) is 19.2 Å². The van der Waals surface area contributed by atoms with Gasteiger partial charge in [0.2, 0.25) is 0 Å². The third-order valence-electron chi connectivity index (χ3n) is 4.00. The average molecular weight is 360 g/mol. The van der Waals surface area contributed by atoms with E-state index in [-0.39, 0.29) is 11.7 Å². The van der Waals surface area contributed by atoms with E-state index < -0.39 is 0 Å². The van der Waals surface area contributed by atoms with Gasteiger partial charge in [-0.2, -0.15) is 5.26 Å². The van der Waals surface area contributed by atoms with Crippen LogP contribution in [0.15, 0.2) is 72.8 Å². The van der Waals surface area contributed by atoms with Gasteiger partial charge in [0.15, 0.2) is 0 Å². The molecule has 0 heterocycles. The molecule has 0 saturated heterocycles. The molecule has 27 heavy (non-hydrogen) atoms. The van der Waals surface area contributed by atoms with Gasteiger partial charge in [-0.3, -0.25) is 4.79 Å². The summed E-state index contributed by atoms with van der Waals surface area (Å²) in [6.45, 7) is 0.443. The zero-order valence-corrected chi connectivity index (χ0v) is 14.7. The molecule has 5 heteroatoms. The van der Waals surface area contributed by atoms with Crippen LogP contribution in [0, 0.1) is 17.1 Å². The van der Waals surface area contributed by atoms with Crippen molar-refractivity contribution in [2.45, 2.75) is 6.54 Å². The molecule has 0 aliphatic heterocycles. The second-order valence-electron chi connectivity index (χ2n) is 6.05. The van der Waals surface area contributed by atoms with Crippen molar-refractivity contribution >= 4 is 5.91 Å². The van der Waals surface area contributed by atoms with Gasteiger partial charge in [-0.05, 0) is 66.2 Å². The van der Waals surface area contributed by atoms with Gasteiger partial charge < -0.3 is 9.64 Å². The maximum absolute atomic E-state index is 12.9. The monoisotopic (exact) mass is 360 g/mol. The van der Waals surface area contributed by atoms with Gasteiger partial charge in [0.25, 0.3) is 5.91 Å². The van der Waals surface area contributed by atoms with Gasteiger partial charge in [0.1, 0.15) is 17.3 Å². The molecule has 3 aromatic rings. The number of halogens is 1. The Morgan fingerprint density at radius 3 is 2.07 bits per heavy atom. The van der Waals surface area contributed by atoms with Crippen LogP contribution in [-0.2, 0) is 6.54 Å². The molecule has 3 aromatic carbocycles. The molecule has 0 fully saturated rings. The SMILES string of the molecule is CN(Cc1ccc(C#N)cc1)C(=O)c1ccc(Oc2ccc(F)cc2)cc1. The number of benzene rings is 3. The molecule has 0 aliphatic carbocycles. The van der Waals surface area contributed by atoms with Crippen LogP contribution >= 0.6 is 0 Å². The highest BCUT2D eigenvalue weighted by molar-refractivity contribution is 5.94. The Balaban J connectivity index is 1.63. The summed E-state index contributed by atoms with van der Waals surface area (Å²) in [4.78, 5) is 14.2. The molecule has 0 aliphatic rings. The molecule has 0 unspecified atom stereocenters. The van der Waals surface area contributed by atoms with Crippen LogP contribution in [-0.4, -0.2) is 17.9 Å². The first-order chi connectivity index (χ1) is 13.0. The van der Waals surface area contributed by atoms with Crippen molar-refractivity contribution in [3.8, 4) is 17.6 Å². The molecule has 134 valence electrons. The van der Waals surface area contributed by atoms with E-state index in [9.17, 15) is 9.18 Å². The molecule has 3 rings (SSSR count). The van der Waals surface area contributed by atoms with Crippen LogP contribution in [0.2, 0.25) is 0 Å². The summed E-state index contributed by atoms with van der Waals surface area (Å²) < 4.78 is 18.6. The Hall–Kier alpha value is -3.65. The minimum Gasteiger partial charge on any atom is -0.457 e. The molecule has 4 nitrogen and oxygen atoms in total. The topological polar surface area (TPSA) is 53.3 Å². The minimum absolute atomic E-state index is 0.118. The summed E-state index contributed by atoms with van der Waals surface area (Å²) in [6, 6.07) is 21.7. The molecular weight excluding hydrogens is 343 g/mol. The second kappa shape index (κ2) is 8.15. The molecule has 0 atom stereocenters. The first-order valence-electron chi connectivity index (χ1n) is 8.33.